The Morgan fingerprint density at radius 3 is 2.26 bits per heavy atom. The molecule has 0 saturated heterocycles. The molecule has 0 aromatic heterocycles. The molecule has 2 rings (SSSR count). The Balaban J connectivity index is 2.05. The SMILES string of the molecule is Cc1ccccc1N(CC(=O)O[C@H](C)C(=O)Nc1ccccc1)S(C)(=O)=O. The quantitative estimate of drug-likeness (QED) is 0.733. The number of anilines is 2. The van der Waals surface area contributed by atoms with Crippen LogP contribution in [0.5, 0.6) is 0 Å². The number of carbonyl (C=O) groups excluding carboxylic acids is 2. The number of amides is 1. The number of ether oxygens (including phenoxy) is 1. The highest BCUT2D eigenvalue weighted by Gasteiger charge is 2.25. The summed E-state index contributed by atoms with van der Waals surface area (Å²) in [5, 5.41) is 2.62. The summed E-state index contributed by atoms with van der Waals surface area (Å²) in [6, 6.07) is 15.5. The van der Waals surface area contributed by atoms with Crippen LogP contribution in [0.3, 0.4) is 0 Å². The smallest absolute Gasteiger partial charge is 0.327 e. The van der Waals surface area contributed by atoms with Gasteiger partial charge in [0.25, 0.3) is 5.91 Å². The molecule has 144 valence electrons. The van der Waals surface area contributed by atoms with Crippen LogP contribution in [-0.2, 0) is 24.3 Å². The van der Waals surface area contributed by atoms with E-state index in [1.807, 2.05) is 6.07 Å². The lowest BCUT2D eigenvalue weighted by Crippen LogP contribution is -2.39. The van der Waals surface area contributed by atoms with Crippen molar-refractivity contribution in [3.63, 3.8) is 0 Å². The number of sulfonamides is 1. The van der Waals surface area contributed by atoms with E-state index in [1.54, 1.807) is 55.5 Å². The highest BCUT2D eigenvalue weighted by atomic mass is 32.2. The molecule has 0 heterocycles. The molecule has 0 fully saturated rings. The van der Waals surface area contributed by atoms with E-state index in [9.17, 15) is 18.0 Å². The summed E-state index contributed by atoms with van der Waals surface area (Å²) in [6.45, 7) is 2.65. The lowest BCUT2D eigenvalue weighted by Gasteiger charge is -2.24. The first-order valence-corrected chi connectivity index (χ1v) is 10.1. The maximum absolute atomic E-state index is 12.2. The monoisotopic (exact) mass is 390 g/mol. The minimum Gasteiger partial charge on any atom is -0.451 e. The van der Waals surface area contributed by atoms with Gasteiger partial charge in [-0.05, 0) is 37.6 Å². The Labute approximate surface area is 159 Å². The minimum absolute atomic E-state index is 0.387. The molecule has 8 heteroatoms. The average Bonchev–Trinajstić information content (AvgIpc) is 2.60. The van der Waals surface area contributed by atoms with E-state index in [-0.39, 0.29) is 0 Å². The third-order valence-electron chi connectivity index (χ3n) is 3.78. The van der Waals surface area contributed by atoms with E-state index < -0.39 is 34.5 Å². The van der Waals surface area contributed by atoms with E-state index >= 15 is 0 Å². The molecule has 27 heavy (non-hydrogen) atoms. The molecule has 0 unspecified atom stereocenters. The highest BCUT2D eigenvalue weighted by molar-refractivity contribution is 7.92. The number of hydrogen-bond acceptors (Lipinski definition) is 5. The first-order chi connectivity index (χ1) is 12.7. The van der Waals surface area contributed by atoms with Gasteiger partial charge in [0.1, 0.15) is 6.54 Å². The van der Waals surface area contributed by atoms with Gasteiger partial charge >= 0.3 is 5.97 Å². The number of para-hydroxylation sites is 2. The van der Waals surface area contributed by atoms with Crippen LogP contribution in [0.4, 0.5) is 11.4 Å². The number of nitrogens with zero attached hydrogens (tertiary/aromatic N) is 1. The summed E-state index contributed by atoms with van der Waals surface area (Å²) in [5.41, 5.74) is 1.66. The summed E-state index contributed by atoms with van der Waals surface area (Å²) in [7, 11) is -3.71. The van der Waals surface area contributed by atoms with Crippen LogP contribution in [0, 0.1) is 6.92 Å². The van der Waals surface area contributed by atoms with Crippen LogP contribution >= 0.6 is 0 Å². The second-order valence-electron chi connectivity index (χ2n) is 6.04. The van der Waals surface area contributed by atoms with Crippen molar-refractivity contribution >= 4 is 33.3 Å². The van der Waals surface area contributed by atoms with Gasteiger partial charge in [0.05, 0.1) is 11.9 Å². The van der Waals surface area contributed by atoms with Gasteiger partial charge < -0.3 is 10.1 Å². The molecule has 0 aliphatic carbocycles. The third-order valence-corrected chi connectivity index (χ3v) is 4.90. The number of benzene rings is 2. The fourth-order valence-electron chi connectivity index (χ4n) is 2.39. The Bertz CT molecular complexity index is 913. The molecule has 0 bridgehead atoms. The summed E-state index contributed by atoms with van der Waals surface area (Å²) in [5.74, 6) is -1.32. The van der Waals surface area contributed by atoms with Crippen LogP contribution in [-0.4, -0.2) is 39.2 Å². The Kier molecular flexibility index (Phi) is 6.57. The average molecular weight is 390 g/mol. The van der Waals surface area contributed by atoms with Crippen molar-refractivity contribution in [3.05, 3.63) is 60.2 Å². The summed E-state index contributed by atoms with van der Waals surface area (Å²) in [4.78, 5) is 24.4. The molecule has 1 atom stereocenters. The van der Waals surface area contributed by atoms with Crippen LogP contribution in [0.25, 0.3) is 0 Å². The Hall–Kier alpha value is -2.87. The van der Waals surface area contributed by atoms with Gasteiger partial charge in [-0.1, -0.05) is 36.4 Å². The fourth-order valence-corrected chi connectivity index (χ4v) is 3.30. The van der Waals surface area contributed by atoms with Crippen molar-refractivity contribution in [2.24, 2.45) is 0 Å². The molecule has 0 radical (unpaired) electrons. The van der Waals surface area contributed by atoms with E-state index in [4.69, 9.17) is 4.74 Å². The molecule has 0 aliphatic heterocycles. The van der Waals surface area contributed by atoms with Gasteiger partial charge in [-0.3, -0.25) is 13.9 Å². The second-order valence-corrected chi connectivity index (χ2v) is 7.95. The fraction of sp³-hybridized carbons (Fsp3) is 0.263. The summed E-state index contributed by atoms with van der Waals surface area (Å²) < 4.78 is 30.3. The van der Waals surface area contributed by atoms with Crippen molar-refractivity contribution in [1.29, 1.82) is 0 Å². The zero-order valence-corrected chi connectivity index (χ0v) is 16.2. The Morgan fingerprint density at radius 1 is 1.07 bits per heavy atom. The molecule has 1 N–H and O–H groups in total. The van der Waals surface area contributed by atoms with Crippen LogP contribution < -0.4 is 9.62 Å². The first kappa shape index (κ1) is 20.4. The van der Waals surface area contributed by atoms with Crippen LogP contribution in [0.15, 0.2) is 54.6 Å². The largest absolute Gasteiger partial charge is 0.451 e. The number of nitrogens with one attached hydrogen (secondary N) is 1. The van der Waals surface area contributed by atoms with Crippen molar-refractivity contribution in [3.8, 4) is 0 Å². The predicted octanol–water partition coefficient (Wildman–Crippen LogP) is 2.33. The zero-order valence-electron chi connectivity index (χ0n) is 15.4. The van der Waals surface area contributed by atoms with Gasteiger partial charge in [-0.15, -0.1) is 0 Å². The van der Waals surface area contributed by atoms with E-state index in [2.05, 4.69) is 5.32 Å². The lowest BCUT2D eigenvalue weighted by atomic mass is 10.2. The maximum atomic E-state index is 12.2. The number of rotatable bonds is 7. The number of carbonyl (C=O) groups is 2. The molecule has 7 nitrogen and oxygen atoms in total. The summed E-state index contributed by atoms with van der Waals surface area (Å²) in [6.07, 6.45) is -0.0610. The zero-order chi connectivity index (χ0) is 20.0. The molecule has 2 aromatic carbocycles. The van der Waals surface area contributed by atoms with E-state index in [0.29, 0.717) is 16.9 Å². The van der Waals surface area contributed by atoms with Gasteiger partial charge in [0, 0.05) is 5.69 Å². The van der Waals surface area contributed by atoms with Crippen molar-refractivity contribution in [2.45, 2.75) is 20.0 Å². The van der Waals surface area contributed by atoms with Gasteiger partial charge in [0.15, 0.2) is 6.10 Å². The highest BCUT2D eigenvalue weighted by Crippen LogP contribution is 2.22. The predicted molar refractivity (Wildman–Crippen MR) is 104 cm³/mol. The first-order valence-electron chi connectivity index (χ1n) is 8.27. The standard InChI is InChI=1S/C19H22N2O5S/c1-14-9-7-8-12-17(14)21(27(3,24)25)13-18(22)26-15(2)19(23)20-16-10-5-4-6-11-16/h4-12,15H,13H2,1-3H3,(H,20,23)/t15-/m1/s1. The molecule has 0 aliphatic rings. The normalized spacial score (nSPS) is 12.1. The molecule has 0 saturated carbocycles. The van der Waals surface area contributed by atoms with E-state index in [0.717, 1.165) is 10.6 Å². The van der Waals surface area contributed by atoms with Crippen molar-refractivity contribution in [2.75, 3.05) is 22.4 Å². The Morgan fingerprint density at radius 2 is 1.67 bits per heavy atom. The van der Waals surface area contributed by atoms with Gasteiger partial charge in [0.2, 0.25) is 10.0 Å². The topological polar surface area (TPSA) is 92.8 Å². The van der Waals surface area contributed by atoms with Crippen molar-refractivity contribution in [1.82, 2.24) is 0 Å². The van der Waals surface area contributed by atoms with Crippen LogP contribution in [0.1, 0.15) is 12.5 Å². The van der Waals surface area contributed by atoms with Gasteiger partial charge in [-0.25, -0.2) is 8.42 Å². The van der Waals surface area contributed by atoms with Gasteiger partial charge in [-0.2, -0.15) is 0 Å². The number of hydrogen-bond donors (Lipinski definition) is 1. The molecular weight excluding hydrogens is 368 g/mol. The number of aryl methyl sites for hydroxylation is 1. The third kappa shape index (κ3) is 5.82. The second kappa shape index (κ2) is 8.68. The molecule has 1 amide bonds. The minimum atomic E-state index is -3.71. The maximum Gasteiger partial charge on any atom is 0.327 e. The van der Waals surface area contributed by atoms with Crippen molar-refractivity contribution < 1.29 is 22.7 Å². The molecular formula is C19H22N2O5S. The molecule has 2 aromatic rings. The summed E-state index contributed by atoms with van der Waals surface area (Å²) >= 11 is 0. The van der Waals surface area contributed by atoms with Crippen LogP contribution in [0.2, 0.25) is 0 Å². The van der Waals surface area contributed by atoms with E-state index in [1.165, 1.54) is 6.92 Å². The molecule has 0 spiro atoms. The number of esters is 1. The lowest BCUT2D eigenvalue weighted by molar-refractivity contribution is -0.151.